The van der Waals surface area contributed by atoms with Gasteiger partial charge in [0.2, 0.25) is 0 Å². The first-order chi connectivity index (χ1) is 16.7. The lowest BCUT2D eigenvalue weighted by molar-refractivity contribution is 1.19. The van der Waals surface area contributed by atoms with E-state index in [0.717, 1.165) is 53.9 Å². The molecule has 0 spiro atoms. The van der Waals surface area contributed by atoms with Gasteiger partial charge in [-0.3, -0.25) is 9.20 Å². The Morgan fingerprint density at radius 2 is 1.35 bits per heavy atom. The Hall–Kier alpha value is -4.02. The SMILES string of the molecule is O=c1c2ccc(Br)c3cccc(c32)c2nc3c(-c4ccccc4)cc(-c4ccccc4)cc3n12. The molecule has 2 heterocycles. The van der Waals surface area contributed by atoms with Crippen molar-refractivity contribution >= 4 is 54.2 Å². The number of imidazole rings is 1. The Kier molecular flexibility index (Phi) is 4.14. The van der Waals surface area contributed by atoms with E-state index in [1.807, 2.05) is 60.7 Å². The molecule has 0 unspecified atom stereocenters. The number of nitrogens with zero attached hydrogens (tertiary/aromatic N) is 2. The van der Waals surface area contributed by atoms with Crippen molar-refractivity contribution in [2.45, 2.75) is 0 Å². The van der Waals surface area contributed by atoms with Crippen LogP contribution < -0.4 is 5.56 Å². The summed E-state index contributed by atoms with van der Waals surface area (Å²) in [6, 6.07) is 34.8. The zero-order valence-corrected chi connectivity index (χ0v) is 19.6. The first kappa shape index (κ1) is 19.4. The second kappa shape index (κ2) is 7.24. The molecule has 0 aliphatic heterocycles. The van der Waals surface area contributed by atoms with Crippen LogP contribution in [0.15, 0.2) is 112 Å². The zero-order chi connectivity index (χ0) is 22.8. The van der Waals surface area contributed by atoms with Crippen LogP contribution in [0.5, 0.6) is 0 Å². The summed E-state index contributed by atoms with van der Waals surface area (Å²) in [6.45, 7) is 0. The molecule has 0 atom stereocenters. The number of pyridine rings is 1. The second-order valence-corrected chi connectivity index (χ2v) is 9.38. The largest absolute Gasteiger partial charge is 0.268 e. The van der Waals surface area contributed by atoms with E-state index in [4.69, 9.17) is 4.98 Å². The van der Waals surface area contributed by atoms with Gasteiger partial charge in [0.15, 0.2) is 0 Å². The third-order valence-corrected chi connectivity index (χ3v) is 7.31. The molecule has 160 valence electrons. The molecule has 0 bridgehead atoms. The maximum Gasteiger partial charge on any atom is 0.264 e. The maximum absolute atomic E-state index is 13.9. The number of halogens is 1. The lowest BCUT2D eigenvalue weighted by Gasteiger charge is -2.09. The quantitative estimate of drug-likeness (QED) is 0.243. The van der Waals surface area contributed by atoms with E-state index in [2.05, 4.69) is 58.4 Å². The van der Waals surface area contributed by atoms with Gasteiger partial charge in [-0.2, -0.15) is 0 Å². The predicted molar refractivity (Wildman–Crippen MR) is 144 cm³/mol. The topological polar surface area (TPSA) is 34.4 Å². The normalized spacial score (nSPS) is 11.8. The first-order valence-electron chi connectivity index (χ1n) is 11.1. The van der Waals surface area contributed by atoms with E-state index in [9.17, 15) is 4.79 Å². The lowest BCUT2D eigenvalue weighted by atomic mass is 9.97. The molecule has 0 amide bonds. The molecule has 0 N–H and O–H groups in total. The molecule has 7 rings (SSSR count). The molecule has 4 heteroatoms. The molecule has 0 saturated carbocycles. The summed E-state index contributed by atoms with van der Waals surface area (Å²) in [6.07, 6.45) is 0. The molecule has 0 radical (unpaired) electrons. The van der Waals surface area contributed by atoms with E-state index < -0.39 is 0 Å². The van der Waals surface area contributed by atoms with Crippen molar-refractivity contribution in [3.63, 3.8) is 0 Å². The van der Waals surface area contributed by atoms with Crippen molar-refractivity contribution in [1.29, 1.82) is 0 Å². The fourth-order valence-corrected chi connectivity index (χ4v) is 5.52. The summed E-state index contributed by atoms with van der Waals surface area (Å²) in [5.41, 5.74) is 6.56. The van der Waals surface area contributed by atoms with Gasteiger partial charge >= 0.3 is 0 Å². The Morgan fingerprint density at radius 3 is 2.12 bits per heavy atom. The van der Waals surface area contributed by atoms with Crippen molar-refractivity contribution in [1.82, 2.24) is 9.38 Å². The van der Waals surface area contributed by atoms with Crippen molar-refractivity contribution in [3.8, 4) is 22.3 Å². The Balaban J connectivity index is 1.72. The van der Waals surface area contributed by atoms with Gasteiger partial charge in [0.25, 0.3) is 5.56 Å². The van der Waals surface area contributed by atoms with E-state index in [-0.39, 0.29) is 5.56 Å². The van der Waals surface area contributed by atoms with Crippen molar-refractivity contribution in [2.24, 2.45) is 0 Å². The van der Waals surface area contributed by atoms with E-state index in [1.54, 1.807) is 4.40 Å². The van der Waals surface area contributed by atoms with Gasteiger partial charge in [-0.05, 0) is 46.3 Å². The summed E-state index contributed by atoms with van der Waals surface area (Å²) in [7, 11) is 0. The molecule has 5 aromatic carbocycles. The molecule has 2 aromatic heterocycles. The highest BCUT2D eigenvalue weighted by molar-refractivity contribution is 9.10. The first-order valence-corrected chi connectivity index (χ1v) is 11.9. The van der Waals surface area contributed by atoms with Crippen molar-refractivity contribution in [3.05, 3.63) is 118 Å². The highest BCUT2D eigenvalue weighted by Crippen LogP contribution is 2.37. The van der Waals surface area contributed by atoms with E-state index in [1.165, 1.54) is 0 Å². The fourth-order valence-electron chi connectivity index (χ4n) is 5.05. The van der Waals surface area contributed by atoms with Crippen LogP contribution in [0.3, 0.4) is 0 Å². The minimum atomic E-state index is -0.0436. The summed E-state index contributed by atoms with van der Waals surface area (Å²) in [5, 5.41) is 3.65. The van der Waals surface area contributed by atoms with Gasteiger partial charge in [-0.1, -0.05) is 94.8 Å². The molecule has 0 aliphatic carbocycles. The third kappa shape index (κ3) is 2.69. The van der Waals surface area contributed by atoms with Gasteiger partial charge < -0.3 is 0 Å². The highest BCUT2D eigenvalue weighted by Gasteiger charge is 2.20. The molecule has 3 nitrogen and oxygen atoms in total. The smallest absolute Gasteiger partial charge is 0.264 e. The molecular formula is C30H17BrN2O. The van der Waals surface area contributed by atoms with Crippen LogP contribution in [-0.2, 0) is 0 Å². The van der Waals surface area contributed by atoms with Gasteiger partial charge in [0.05, 0.1) is 11.0 Å². The zero-order valence-electron chi connectivity index (χ0n) is 18.0. The number of rotatable bonds is 2. The number of hydrogen-bond acceptors (Lipinski definition) is 2. The summed E-state index contributed by atoms with van der Waals surface area (Å²) in [5.74, 6) is 0. The van der Waals surface area contributed by atoms with Crippen LogP contribution in [-0.4, -0.2) is 9.38 Å². The van der Waals surface area contributed by atoms with Crippen LogP contribution in [0.25, 0.3) is 60.5 Å². The number of aromatic nitrogens is 2. The summed E-state index contributed by atoms with van der Waals surface area (Å²) >= 11 is 3.65. The van der Waals surface area contributed by atoms with Crippen LogP contribution in [0, 0.1) is 0 Å². The van der Waals surface area contributed by atoms with Gasteiger partial charge in [-0.15, -0.1) is 0 Å². The third-order valence-electron chi connectivity index (χ3n) is 6.61. The molecule has 7 aromatic rings. The summed E-state index contributed by atoms with van der Waals surface area (Å²) in [4.78, 5) is 19.0. The Bertz CT molecular complexity index is 1930. The molecule has 0 aliphatic rings. The predicted octanol–water partition coefficient (Wildman–Crippen LogP) is 7.69. The van der Waals surface area contributed by atoms with Gasteiger partial charge in [0, 0.05) is 26.2 Å². The van der Waals surface area contributed by atoms with Gasteiger partial charge in [-0.25, -0.2) is 4.98 Å². The summed E-state index contributed by atoms with van der Waals surface area (Å²) < 4.78 is 2.76. The second-order valence-electron chi connectivity index (χ2n) is 8.52. The Morgan fingerprint density at radius 1 is 0.647 bits per heavy atom. The highest BCUT2D eigenvalue weighted by atomic mass is 79.9. The average Bonchev–Trinajstić information content (AvgIpc) is 3.28. The minimum absolute atomic E-state index is 0.0436. The minimum Gasteiger partial charge on any atom is -0.268 e. The van der Waals surface area contributed by atoms with Crippen LogP contribution in [0.1, 0.15) is 0 Å². The molecular weight excluding hydrogens is 484 g/mol. The number of hydrogen-bond donors (Lipinski definition) is 0. The standard InChI is InChI=1S/C30H17BrN2O/c31-25-15-14-23-27-21(25)12-7-13-22(27)29-32-28-24(19-10-5-2-6-11-19)16-20(18-8-3-1-4-9-18)17-26(28)33(29)30(23)34/h1-17H. The van der Waals surface area contributed by atoms with E-state index in [0.29, 0.717) is 11.0 Å². The molecule has 34 heavy (non-hydrogen) atoms. The molecule has 0 saturated heterocycles. The fraction of sp³-hybridized carbons (Fsp3) is 0. The lowest BCUT2D eigenvalue weighted by Crippen LogP contribution is -2.13. The monoisotopic (exact) mass is 500 g/mol. The van der Waals surface area contributed by atoms with E-state index >= 15 is 0 Å². The van der Waals surface area contributed by atoms with Crippen LogP contribution >= 0.6 is 15.9 Å². The van der Waals surface area contributed by atoms with Gasteiger partial charge in [0.1, 0.15) is 5.65 Å². The van der Waals surface area contributed by atoms with Crippen molar-refractivity contribution in [2.75, 3.05) is 0 Å². The average molecular weight is 501 g/mol. The number of fused-ring (bicyclic) bond motifs is 4. The van der Waals surface area contributed by atoms with Crippen LogP contribution in [0.4, 0.5) is 0 Å². The Labute approximate surface area is 203 Å². The number of benzene rings is 5. The van der Waals surface area contributed by atoms with Crippen LogP contribution in [0.2, 0.25) is 0 Å². The maximum atomic E-state index is 13.9. The molecule has 0 fully saturated rings. The van der Waals surface area contributed by atoms with Crippen molar-refractivity contribution < 1.29 is 0 Å².